The van der Waals surface area contributed by atoms with Gasteiger partial charge < -0.3 is 5.11 Å². The van der Waals surface area contributed by atoms with Crippen LogP contribution in [0.1, 0.15) is 36.8 Å². The summed E-state index contributed by atoms with van der Waals surface area (Å²) in [6.07, 6.45) is 1.14. The fourth-order valence-corrected chi connectivity index (χ4v) is 5.92. The molecule has 6 heteroatoms. The Balaban J connectivity index is 2.02. The molecule has 3 rings (SSSR count). The van der Waals surface area contributed by atoms with Crippen LogP contribution in [0.25, 0.3) is 0 Å². The minimum absolute atomic E-state index is 0.0364. The third kappa shape index (κ3) is 1.85. The van der Waals surface area contributed by atoms with Crippen LogP contribution in [-0.4, -0.2) is 24.0 Å². The van der Waals surface area contributed by atoms with Gasteiger partial charge in [0.15, 0.2) is 9.84 Å². The first kappa shape index (κ1) is 13.5. The zero-order chi connectivity index (χ0) is 14.5. The molecule has 0 radical (unpaired) electrons. The number of nitrogens with zero attached hydrogens (tertiary/aromatic N) is 1. The van der Waals surface area contributed by atoms with Gasteiger partial charge in [-0.3, -0.25) is 0 Å². The number of hydrogen-bond acceptors (Lipinski definition) is 4. The lowest BCUT2D eigenvalue weighted by molar-refractivity contribution is 0.0139. The molecular formula is C14H14FNO3S. The number of hydrogen-bond donors (Lipinski definition) is 1. The van der Waals surface area contributed by atoms with Crippen molar-refractivity contribution in [3.05, 3.63) is 35.1 Å². The van der Waals surface area contributed by atoms with Gasteiger partial charge in [0, 0.05) is 5.56 Å². The Bertz CT molecular complexity index is 688. The second-order valence-corrected chi connectivity index (χ2v) is 8.17. The third-order valence-corrected chi connectivity index (χ3v) is 7.13. The van der Waals surface area contributed by atoms with E-state index < -0.39 is 31.8 Å². The zero-order valence-corrected chi connectivity index (χ0v) is 11.5. The summed E-state index contributed by atoms with van der Waals surface area (Å²) in [6.45, 7) is 0. The number of halogens is 1. The van der Waals surface area contributed by atoms with Gasteiger partial charge in [0.1, 0.15) is 5.82 Å². The summed E-state index contributed by atoms with van der Waals surface area (Å²) in [6, 6.07) is 5.76. The van der Waals surface area contributed by atoms with Gasteiger partial charge in [-0.2, -0.15) is 5.26 Å². The van der Waals surface area contributed by atoms with Crippen molar-refractivity contribution in [1.82, 2.24) is 0 Å². The average molecular weight is 295 g/mol. The van der Waals surface area contributed by atoms with Crippen molar-refractivity contribution in [2.45, 2.75) is 41.8 Å². The third-order valence-electron chi connectivity index (χ3n) is 4.47. The van der Waals surface area contributed by atoms with Crippen molar-refractivity contribution in [1.29, 1.82) is 5.26 Å². The largest absolute Gasteiger partial charge is 0.385 e. The van der Waals surface area contributed by atoms with Gasteiger partial charge in [-0.15, -0.1) is 0 Å². The van der Waals surface area contributed by atoms with Crippen molar-refractivity contribution in [3.63, 3.8) is 0 Å². The molecule has 2 atom stereocenters. The fourth-order valence-electron chi connectivity index (χ4n) is 3.43. The predicted octanol–water partition coefficient (Wildman–Crippen LogP) is 1.62. The normalized spacial score (nSPS) is 34.6. The van der Waals surface area contributed by atoms with E-state index in [2.05, 4.69) is 0 Å². The van der Waals surface area contributed by atoms with Crippen molar-refractivity contribution in [3.8, 4) is 6.07 Å². The summed E-state index contributed by atoms with van der Waals surface area (Å²) >= 11 is 0. The van der Waals surface area contributed by atoms with Crippen LogP contribution in [0.4, 0.5) is 4.39 Å². The van der Waals surface area contributed by atoms with E-state index in [1.54, 1.807) is 0 Å². The Kier molecular flexibility index (Phi) is 2.89. The van der Waals surface area contributed by atoms with E-state index in [-0.39, 0.29) is 24.0 Å². The van der Waals surface area contributed by atoms with Gasteiger partial charge in [0.25, 0.3) is 0 Å². The summed E-state index contributed by atoms with van der Waals surface area (Å²) in [5.41, 5.74) is -1.17. The van der Waals surface area contributed by atoms with Crippen molar-refractivity contribution < 1.29 is 17.9 Å². The molecule has 1 aromatic rings. The molecule has 2 bridgehead atoms. The molecule has 2 heterocycles. The first-order chi connectivity index (χ1) is 9.37. The van der Waals surface area contributed by atoms with Crippen molar-refractivity contribution in [2.24, 2.45) is 0 Å². The minimum atomic E-state index is -3.17. The highest BCUT2D eigenvalue weighted by molar-refractivity contribution is 7.93. The Labute approximate surface area is 116 Å². The second-order valence-electron chi connectivity index (χ2n) is 5.66. The smallest absolute Gasteiger partial charge is 0.156 e. The second kappa shape index (κ2) is 4.27. The van der Waals surface area contributed by atoms with E-state index in [1.165, 1.54) is 12.1 Å². The highest BCUT2D eigenvalue weighted by Crippen LogP contribution is 2.48. The Morgan fingerprint density at radius 2 is 1.90 bits per heavy atom. The molecule has 2 aliphatic heterocycles. The lowest BCUT2D eigenvalue weighted by atomic mass is 9.85. The van der Waals surface area contributed by atoms with Crippen LogP contribution < -0.4 is 0 Å². The number of fused-ring (bicyclic) bond motifs is 2. The lowest BCUT2D eigenvalue weighted by Crippen LogP contribution is -2.43. The molecule has 4 nitrogen and oxygen atoms in total. The molecule has 0 spiro atoms. The highest BCUT2D eigenvalue weighted by Gasteiger charge is 2.53. The molecule has 0 aromatic heterocycles. The molecule has 0 saturated carbocycles. The number of rotatable bonds is 1. The monoisotopic (exact) mass is 295 g/mol. The predicted molar refractivity (Wildman–Crippen MR) is 70.0 cm³/mol. The van der Waals surface area contributed by atoms with Gasteiger partial charge in [0.05, 0.1) is 27.7 Å². The van der Waals surface area contributed by atoms with Gasteiger partial charge >= 0.3 is 0 Å². The van der Waals surface area contributed by atoms with E-state index in [4.69, 9.17) is 5.26 Å². The molecular weight excluding hydrogens is 281 g/mol. The molecule has 0 amide bonds. The summed E-state index contributed by atoms with van der Waals surface area (Å²) in [4.78, 5) is 0. The first-order valence-corrected chi connectivity index (χ1v) is 8.13. The number of benzene rings is 1. The maximum atomic E-state index is 14.1. The van der Waals surface area contributed by atoms with Crippen molar-refractivity contribution >= 4 is 9.84 Å². The molecule has 2 saturated heterocycles. The number of sulfone groups is 1. The van der Waals surface area contributed by atoms with Crippen LogP contribution in [0.5, 0.6) is 0 Å². The SMILES string of the molecule is N#Cc1ccc(C2(O)CC3CCC(C2)S3(=O)=O)c(F)c1. The Hall–Kier alpha value is -1.45. The maximum absolute atomic E-state index is 14.1. The first-order valence-electron chi connectivity index (χ1n) is 6.52. The Morgan fingerprint density at radius 3 is 2.40 bits per heavy atom. The number of nitriles is 1. The summed E-state index contributed by atoms with van der Waals surface area (Å²) in [5, 5.41) is 18.3. The van der Waals surface area contributed by atoms with E-state index in [1.807, 2.05) is 6.07 Å². The van der Waals surface area contributed by atoms with Crippen LogP contribution in [0.2, 0.25) is 0 Å². The molecule has 2 fully saturated rings. The summed E-state index contributed by atoms with van der Waals surface area (Å²) in [5.74, 6) is -0.648. The topological polar surface area (TPSA) is 78.2 Å². The van der Waals surface area contributed by atoms with Crippen LogP contribution in [0.3, 0.4) is 0 Å². The van der Waals surface area contributed by atoms with Crippen LogP contribution in [0, 0.1) is 17.1 Å². The molecule has 0 aliphatic carbocycles. The van der Waals surface area contributed by atoms with Gasteiger partial charge in [0.2, 0.25) is 0 Å². The van der Waals surface area contributed by atoms with E-state index >= 15 is 0 Å². The zero-order valence-electron chi connectivity index (χ0n) is 10.7. The van der Waals surface area contributed by atoms with Gasteiger partial charge in [-0.1, -0.05) is 6.07 Å². The maximum Gasteiger partial charge on any atom is 0.156 e. The minimum Gasteiger partial charge on any atom is -0.385 e. The van der Waals surface area contributed by atoms with Gasteiger partial charge in [-0.25, -0.2) is 12.8 Å². The van der Waals surface area contributed by atoms with Crippen LogP contribution in [0.15, 0.2) is 18.2 Å². The summed E-state index contributed by atoms with van der Waals surface area (Å²) < 4.78 is 38.1. The molecule has 106 valence electrons. The van der Waals surface area contributed by atoms with Crippen LogP contribution >= 0.6 is 0 Å². The Morgan fingerprint density at radius 1 is 1.30 bits per heavy atom. The van der Waals surface area contributed by atoms with E-state index in [0.29, 0.717) is 12.8 Å². The summed E-state index contributed by atoms with van der Waals surface area (Å²) in [7, 11) is -3.17. The van der Waals surface area contributed by atoms with Crippen molar-refractivity contribution in [2.75, 3.05) is 0 Å². The highest BCUT2D eigenvalue weighted by atomic mass is 32.2. The molecule has 1 aromatic carbocycles. The average Bonchev–Trinajstić information content (AvgIpc) is 2.58. The lowest BCUT2D eigenvalue weighted by Gasteiger charge is -2.36. The number of aliphatic hydroxyl groups is 1. The van der Waals surface area contributed by atoms with Gasteiger partial charge in [-0.05, 0) is 37.8 Å². The van der Waals surface area contributed by atoms with E-state index in [9.17, 15) is 17.9 Å². The molecule has 20 heavy (non-hydrogen) atoms. The van der Waals surface area contributed by atoms with E-state index in [0.717, 1.165) is 6.07 Å². The standard InChI is InChI=1S/C14H14FNO3S/c15-13-5-9(8-16)1-4-12(13)14(17)6-10-2-3-11(7-14)20(10,18)19/h1,4-5,10-11,17H,2-3,6-7H2. The fraction of sp³-hybridized carbons (Fsp3) is 0.500. The quantitative estimate of drug-likeness (QED) is 0.854. The molecule has 1 N–H and O–H groups in total. The molecule has 2 unspecified atom stereocenters. The van der Waals surface area contributed by atoms with Crippen LogP contribution in [-0.2, 0) is 15.4 Å². The molecule has 2 aliphatic rings.